The van der Waals surface area contributed by atoms with Gasteiger partial charge in [-0.05, 0) is 13.8 Å². The van der Waals surface area contributed by atoms with Crippen molar-refractivity contribution in [3.63, 3.8) is 0 Å². The molecule has 0 saturated heterocycles. The highest BCUT2D eigenvalue weighted by Crippen LogP contribution is 1.86. The maximum atomic E-state index is 4.97. The molecule has 0 aromatic carbocycles. The average molecular weight is 128 g/mol. The largest absolute Gasteiger partial charge is 0.323 e. The van der Waals surface area contributed by atoms with Crippen molar-refractivity contribution in [1.29, 1.82) is 0 Å². The number of rotatable bonds is 2. The molecule has 0 aliphatic heterocycles. The van der Waals surface area contributed by atoms with E-state index in [4.69, 9.17) is 11.7 Å². The maximum absolute atomic E-state index is 4.97. The van der Waals surface area contributed by atoms with Crippen LogP contribution in [0, 0.1) is 0 Å². The van der Waals surface area contributed by atoms with Crippen LogP contribution in [0.1, 0.15) is 20.3 Å². The Balaban J connectivity index is 3.75. The minimum Gasteiger partial charge on any atom is -0.323 e. The molecular weight excluding hydrogens is 116 g/mol. The molecule has 0 aromatic heterocycles. The average Bonchev–Trinajstić information content (AvgIpc) is 1.87. The molecule has 0 rings (SSSR count). The fourth-order valence-electron chi connectivity index (χ4n) is 0.462. The van der Waals surface area contributed by atoms with E-state index in [1.807, 2.05) is 13.8 Å². The van der Waals surface area contributed by atoms with Gasteiger partial charge in [-0.2, -0.15) is 10.2 Å². The Kier molecular flexibility index (Phi) is 3.43. The monoisotopic (exact) mass is 128 g/mol. The van der Waals surface area contributed by atoms with Gasteiger partial charge in [0.25, 0.3) is 0 Å². The summed E-state index contributed by atoms with van der Waals surface area (Å²) in [5.74, 6) is 9.93. The lowest BCUT2D eigenvalue weighted by Gasteiger charge is -1.94. The van der Waals surface area contributed by atoms with Crippen LogP contribution in [0.3, 0.4) is 0 Å². The molecule has 52 valence electrons. The first-order valence-corrected chi connectivity index (χ1v) is 2.67. The van der Waals surface area contributed by atoms with Crippen LogP contribution in [0.4, 0.5) is 0 Å². The first-order valence-electron chi connectivity index (χ1n) is 2.67. The quantitative estimate of drug-likeness (QED) is 0.313. The van der Waals surface area contributed by atoms with Gasteiger partial charge in [-0.15, -0.1) is 0 Å². The Hall–Kier alpha value is -1.06. The predicted molar refractivity (Wildman–Crippen MR) is 39.2 cm³/mol. The molecule has 0 heterocycles. The zero-order valence-electron chi connectivity index (χ0n) is 5.76. The van der Waals surface area contributed by atoms with E-state index >= 15 is 0 Å². The van der Waals surface area contributed by atoms with Gasteiger partial charge < -0.3 is 11.7 Å². The zero-order valence-corrected chi connectivity index (χ0v) is 5.76. The molecule has 0 radical (unpaired) electrons. The van der Waals surface area contributed by atoms with Gasteiger partial charge in [0.15, 0.2) is 0 Å². The van der Waals surface area contributed by atoms with E-state index in [1.54, 1.807) is 0 Å². The molecule has 0 aliphatic rings. The molecule has 0 aromatic rings. The standard InChI is InChI=1S/C5H12N4/c1-4(8-6)3-5(2)9-7/h3,6-7H2,1-2H3. The van der Waals surface area contributed by atoms with E-state index in [-0.39, 0.29) is 0 Å². The molecule has 0 unspecified atom stereocenters. The van der Waals surface area contributed by atoms with Crippen molar-refractivity contribution < 1.29 is 0 Å². The number of hydrogen-bond donors (Lipinski definition) is 2. The molecule has 0 aliphatic carbocycles. The third-order valence-electron chi connectivity index (χ3n) is 0.952. The smallest absolute Gasteiger partial charge is 0.0401 e. The van der Waals surface area contributed by atoms with Crippen LogP contribution in [0.5, 0.6) is 0 Å². The van der Waals surface area contributed by atoms with Crippen LogP contribution >= 0.6 is 0 Å². The first-order chi connectivity index (χ1) is 4.20. The summed E-state index contributed by atoms with van der Waals surface area (Å²) in [6, 6.07) is 0. The van der Waals surface area contributed by atoms with Gasteiger partial charge in [-0.25, -0.2) is 0 Å². The van der Waals surface area contributed by atoms with E-state index in [1.165, 1.54) is 0 Å². The second kappa shape index (κ2) is 3.88. The van der Waals surface area contributed by atoms with Gasteiger partial charge in [-0.1, -0.05) is 0 Å². The highest BCUT2D eigenvalue weighted by atomic mass is 15.1. The third kappa shape index (κ3) is 3.52. The summed E-state index contributed by atoms with van der Waals surface area (Å²) in [6.45, 7) is 3.66. The van der Waals surface area contributed by atoms with Gasteiger partial charge in [0.1, 0.15) is 0 Å². The van der Waals surface area contributed by atoms with Gasteiger partial charge >= 0.3 is 0 Å². The van der Waals surface area contributed by atoms with Gasteiger partial charge in [0.05, 0.1) is 0 Å². The Morgan fingerprint density at radius 2 is 1.44 bits per heavy atom. The van der Waals surface area contributed by atoms with Crippen LogP contribution in [0.25, 0.3) is 0 Å². The van der Waals surface area contributed by atoms with Crippen molar-refractivity contribution in [2.24, 2.45) is 21.9 Å². The van der Waals surface area contributed by atoms with E-state index in [9.17, 15) is 0 Å². The van der Waals surface area contributed by atoms with Crippen LogP contribution in [-0.2, 0) is 0 Å². The van der Waals surface area contributed by atoms with Gasteiger partial charge in [0, 0.05) is 17.8 Å². The van der Waals surface area contributed by atoms with Crippen LogP contribution < -0.4 is 11.7 Å². The molecule has 9 heavy (non-hydrogen) atoms. The summed E-state index contributed by atoms with van der Waals surface area (Å²) in [4.78, 5) is 0. The maximum Gasteiger partial charge on any atom is 0.0401 e. The SMILES string of the molecule is CC(CC(C)=NN)=NN. The Labute approximate surface area is 54.6 Å². The highest BCUT2D eigenvalue weighted by Gasteiger charge is 1.92. The van der Waals surface area contributed by atoms with Crippen molar-refractivity contribution in [2.45, 2.75) is 20.3 Å². The fourth-order valence-corrected chi connectivity index (χ4v) is 0.462. The zero-order chi connectivity index (χ0) is 7.28. The second-order valence-electron chi connectivity index (χ2n) is 1.91. The normalized spacial score (nSPS) is 14.0. The minimum atomic E-state index is 0.660. The highest BCUT2D eigenvalue weighted by molar-refractivity contribution is 6.02. The summed E-state index contributed by atoms with van der Waals surface area (Å²) >= 11 is 0. The molecule has 4 N–H and O–H groups in total. The lowest BCUT2D eigenvalue weighted by molar-refractivity contribution is 1.18. The summed E-state index contributed by atoms with van der Waals surface area (Å²) in [6.07, 6.45) is 0.660. The molecular formula is C5H12N4. The van der Waals surface area contributed by atoms with Gasteiger partial charge in [0.2, 0.25) is 0 Å². The van der Waals surface area contributed by atoms with E-state index in [2.05, 4.69) is 10.2 Å². The lowest BCUT2D eigenvalue weighted by atomic mass is 10.2. The van der Waals surface area contributed by atoms with E-state index in [0.29, 0.717) is 6.42 Å². The van der Waals surface area contributed by atoms with E-state index < -0.39 is 0 Å². The number of nitrogens with zero attached hydrogens (tertiary/aromatic N) is 2. The molecule has 0 amide bonds. The number of nitrogens with two attached hydrogens (primary N) is 2. The van der Waals surface area contributed by atoms with Crippen LogP contribution in [0.2, 0.25) is 0 Å². The molecule has 0 fully saturated rings. The topological polar surface area (TPSA) is 76.8 Å². The third-order valence-corrected chi connectivity index (χ3v) is 0.952. The number of hydrogen-bond acceptors (Lipinski definition) is 4. The van der Waals surface area contributed by atoms with Crippen molar-refractivity contribution in [3.8, 4) is 0 Å². The molecule has 0 saturated carbocycles. The Morgan fingerprint density at radius 1 is 1.11 bits per heavy atom. The fraction of sp³-hybridized carbons (Fsp3) is 0.600. The summed E-state index contributed by atoms with van der Waals surface area (Å²) in [5.41, 5.74) is 1.67. The molecule has 0 bridgehead atoms. The van der Waals surface area contributed by atoms with Gasteiger partial charge in [-0.3, -0.25) is 0 Å². The second-order valence-corrected chi connectivity index (χ2v) is 1.91. The minimum absolute atomic E-state index is 0.660. The van der Waals surface area contributed by atoms with Crippen molar-refractivity contribution >= 4 is 11.4 Å². The van der Waals surface area contributed by atoms with Crippen molar-refractivity contribution in [3.05, 3.63) is 0 Å². The summed E-state index contributed by atoms with van der Waals surface area (Å²) in [7, 11) is 0. The Bertz CT molecular complexity index is 120. The number of hydrazone groups is 2. The molecule has 4 heteroatoms. The van der Waals surface area contributed by atoms with Crippen LogP contribution in [-0.4, -0.2) is 11.4 Å². The molecule has 0 spiro atoms. The Morgan fingerprint density at radius 3 is 1.67 bits per heavy atom. The molecule has 4 nitrogen and oxygen atoms in total. The first kappa shape index (κ1) is 7.94. The lowest BCUT2D eigenvalue weighted by Crippen LogP contribution is -2.05. The summed E-state index contributed by atoms with van der Waals surface area (Å²) in [5, 5.41) is 6.91. The van der Waals surface area contributed by atoms with Crippen molar-refractivity contribution in [2.75, 3.05) is 0 Å². The predicted octanol–water partition coefficient (Wildman–Crippen LogP) is 0.0457. The van der Waals surface area contributed by atoms with E-state index in [0.717, 1.165) is 11.4 Å². The van der Waals surface area contributed by atoms with Crippen LogP contribution in [0.15, 0.2) is 10.2 Å². The molecule has 0 atom stereocenters. The summed E-state index contributed by atoms with van der Waals surface area (Å²) < 4.78 is 0. The van der Waals surface area contributed by atoms with Crippen molar-refractivity contribution in [1.82, 2.24) is 0 Å².